The summed E-state index contributed by atoms with van der Waals surface area (Å²) in [6.07, 6.45) is -1.95. The monoisotopic (exact) mass is 475 g/mol. The second kappa shape index (κ2) is 9.21. The fraction of sp³-hybridized carbons (Fsp3) is 0.360. The highest BCUT2D eigenvalue weighted by Crippen LogP contribution is 2.34. The first-order valence-electron chi connectivity index (χ1n) is 10.9. The number of hydrogen-bond acceptors (Lipinski definition) is 3. The van der Waals surface area contributed by atoms with Crippen LogP contribution in [0.2, 0.25) is 5.02 Å². The Kier molecular flexibility index (Phi) is 6.52. The van der Waals surface area contributed by atoms with E-state index in [1.54, 1.807) is 26.0 Å². The van der Waals surface area contributed by atoms with E-state index >= 15 is 0 Å². The van der Waals surface area contributed by atoms with Gasteiger partial charge in [-0.2, -0.15) is 13.2 Å². The van der Waals surface area contributed by atoms with Gasteiger partial charge in [-0.15, -0.1) is 0 Å². The van der Waals surface area contributed by atoms with Gasteiger partial charge in [0.2, 0.25) is 0 Å². The summed E-state index contributed by atoms with van der Waals surface area (Å²) < 4.78 is 40.5. The Morgan fingerprint density at radius 1 is 1.06 bits per heavy atom. The summed E-state index contributed by atoms with van der Waals surface area (Å²) in [5.41, 5.74) is 2.20. The lowest BCUT2D eigenvalue weighted by Gasteiger charge is -2.34. The van der Waals surface area contributed by atoms with E-state index in [0.29, 0.717) is 34.6 Å². The standard InChI is InChI=1S/C25H25ClF3N3O/c1-16-12-24(33)32(17(2)30-16)21-6-7-23(22(26)15-21)31-10-8-18(9-11-31)13-19-4-3-5-20(14-19)25(27,28)29/h3-7,12,14-15,18H,8-11,13H2,1-2H3. The van der Waals surface area contributed by atoms with Crippen molar-refractivity contribution in [3.8, 4) is 5.69 Å². The highest BCUT2D eigenvalue weighted by molar-refractivity contribution is 6.33. The lowest BCUT2D eigenvalue weighted by Crippen LogP contribution is -2.34. The minimum absolute atomic E-state index is 0.153. The van der Waals surface area contributed by atoms with Crippen molar-refractivity contribution in [2.24, 2.45) is 5.92 Å². The van der Waals surface area contributed by atoms with Gasteiger partial charge in [0.05, 0.1) is 22.0 Å². The van der Waals surface area contributed by atoms with E-state index in [1.807, 2.05) is 12.1 Å². The molecular formula is C25H25ClF3N3O. The molecule has 0 amide bonds. The molecule has 3 aromatic rings. The molecule has 0 atom stereocenters. The summed E-state index contributed by atoms with van der Waals surface area (Å²) in [5, 5.41) is 0.552. The number of rotatable bonds is 4. The summed E-state index contributed by atoms with van der Waals surface area (Å²) in [6.45, 7) is 5.11. The first kappa shape index (κ1) is 23.4. The fourth-order valence-electron chi connectivity index (χ4n) is 4.53. The zero-order chi connectivity index (χ0) is 23.8. The highest BCUT2D eigenvalue weighted by atomic mass is 35.5. The van der Waals surface area contributed by atoms with Gasteiger partial charge in [-0.25, -0.2) is 4.98 Å². The molecule has 0 aliphatic carbocycles. The van der Waals surface area contributed by atoms with Gasteiger partial charge in [0.25, 0.3) is 5.56 Å². The summed E-state index contributed by atoms with van der Waals surface area (Å²) in [4.78, 5) is 19.0. The van der Waals surface area contributed by atoms with E-state index in [0.717, 1.165) is 43.2 Å². The predicted molar refractivity (Wildman–Crippen MR) is 124 cm³/mol. The van der Waals surface area contributed by atoms with Crippen LogP contribution in [-0.4, -0.2) is 22.6 Å². The normalized spacial score (nSPS) is 15.2. The molecule has 0 spiro atoms. The molecule has 33 heavy (non-hydrogen) atoms. The summed E-state index contributed by atoms with van der Waals surface area (Å²) in [6, 6.07) is 12.6. The number of alkyl halides is 3. The van der Waals surface area contributed by atoms with Crippen molar-refractivity contribution < 1.29 is 13.2 Å². The first-order valence-corrected chi connectivity index (χ1v) is 11.3. The molecular weight excluding hydrogens is 451 g/mol. The van der Waals surface area contributed by atoms with Gasteiger partial charge in [-0.05, 0) is 68.9 Å². The van der Waals surface area contributed by atoms with Gasteiger partial charge < -0.3 is 4.90 Å². The fourth-order valence-corrected chi connectivity index (χ4v) is 4.83. The number of benzene rings is 2. The summed E-state index contributed by atoms with van der Waals surface area (Å²) in [5.74, 6) is 0.918. The molecule has 1 saturated heterocycles. The van der Waals surface area contributed by atoms with Crippen molar-refractivity contribution in [3.63, 3.8) is 0 Å². The van der Waals surface area contributed by atoms with Crippen LogP contribution in [0.5, 0.6) is 0 Å². The molecule has 8 heteroatoms. The minimum atomic E-state index is -4.32. The second-order valence-electron chi connectivity index (χ2n) is 8.59. The van der Waals surface area contributed by atoms with E-state index in [4.69, 9.17) is 11.6 Å². The van der Waals surface area contributed by atoms with Crippen LogP contribution in [0.15, 0.2) is 53.3 Å². The maximum absolute atomic E-state index is 13.0. The molecule has 4 rings (SSSR count). The summed E-state index contributed by atoms with van der Waals surface area (Å²) >= 11 is 6.59. The van der Waals surface area contributed by atoms with E-state index < -0.39 is 11.7 Å². The van der Waals surface area contributed by atoms with Gasteiger partial charge in [-0.1, -0.05) is 29.8 Å². The summed E-state index contributed by atoms with van der Waals surface area (Å²) in [7, 11) is 0. The number of nitrogens with zero attached hydrogens (tertiary/aromatic N) is 3. The van der Waals surface area contributed by atoms with Gasteiger partial charge in [0, 0.05) is 24.8 Å². The Labute approximate surface area is 195 Å². The van der Waals surface area contributed by atoms with E-state index in [2.05, 4.69) is 9.88 Å². The van der Waals surface area contributed by atoms with Crippen LogP contribution < -0.4 is 10.5 Å². The van der Waals surface area contributed by atoms with E-state index in [1.165, 1.54) is 22.8 Å². The Balaban J connectivity index is 1.44. The van der Waals surface area contributed by atoms with Crippen molar-refractivity contribution in [1.82, 2.24) is 9.55 Å². The Morgan fingerprint density at radius 3 is 2.42 bits per heavy atom. The molecule has 1 aliphatic heterocycles. The maximum Gasteiger partial charge on any atom is 0.416 e. The third-order valence-corrected chi connectivity index (χ3v) is 6.44. The van der Waals surface area contributed by atoms with Crippen LogP contribution in [-0.2, 0) is 12.6 Å². The molecule has 0 unspecified atom stereocenters. The third kappa shape index (κ3) is 5.24. The molecule has 2 heterocycles. The van der Waals surface area contributed by atoms with E-state index in [9.17, 15) is 18.0 Å². The SMILES string of the molecule is Cc1cc(=O)n(-c2ccc(N3CCC(Cc4cccc(C(F)(F)F)c4)CC3)c(Cl)c2)c(C)n1. The zero-order valence-corrected chi connectivity index (χ0v) is 19.2. The number of piperidine rings is 1. The zero-order valence-electron chi connectivity index (χ0n) is 18.5. The van der Waals surface area contributed by atoms with Crippen molar-refractivity contribution in [2.75, 3.05) is 18.0 Å². The molecule has 0 N–H and O–H groups in total. The van der Waals surface area contributed by atoms with Crippen LogP contribution in [0, 0.1) is 19.8 Å². The third-order valence-electron chi connectivity index (χ3n) is 6.14. The molecule has 1 aliphatic rings. The Bertz CT molecular complexity index is 1210. The van der Waals surface area contributed by atoms with Crippen molar-refractivity contribution in [1.29, 1.82) is 0 Å². The van der Waals surface area contributed by atoms with Gasteiger partial charge in [0.15, 0.2) is 0 Å². The molecule has 1 aromatic heterocycles. The van der Waals surface area contributed by atoms with E-state index in [-0.39, 0.29) is 5.56 Å². The number of hydrogen-bond donors (Lipinski definition) is 0. The van der Waals surface area contributed by atoms with Crippen LogP contribution in [0.1, 0.15) is 35.5 Å². The Morgan fingerprint density at radius 2 is 1.79 bits per heavy atom. The number of aromatic nitrogens is 2. The Hall–Kier alpha value is -2.80. The maximum atomic E-state index is 13.0. The van der Waals surface area contributed by atoms with Crippen molar-refractivity contribution >= 4 is 17.3 Å². The lowest BCUT2D eigenvalue weighted by molar-refractivity contribution is -0.137. The number of halogens is 4. The van der Waals surface area contributed by atoms with Gasteiger partial charge in [-0.3, -0.25) is 9.36 Å². The second-order valence-corrected chi connectivity index (χ2v) is 8.99. The molecule has 2 aromatic carbocycles. The molecule has 1 fully saturated rings. The molecule has 0 saturated carbocycles. The number of anilines is 1. The predicted octanol–water partition coefficient (Wildman–Crippen LogP) is 5.98. The first-order chi connectivity index (χ1) is 15.6. The molecule has 0 bridgehead atoms. The lowest BCUT2D eigenvalue weighted by atomic mass is 9.89. The van der Waals surface area contributed by atoms with Gasteiger partial charge in [0.1, 0.15) is 5.82 Å². The molecule has 174 valence electrons. The van der Waals surface area contributed by atoms with Crippen LogP contribution in [0.4, 0.5) is 18.9 Å². The number of aryl methyl sites for hydroxylation is 2. The van der Waals surface area contributed by atoms with Crippen LogP contribution in [0.3, 0.4) is 0 Å². The van der Waals surface area contributed by atoms with Crippen molar-refractivity contribution in [3.05, 3.63) is 86.6 Å². The molecule has 0 radical (unpaired) electrons. The quantitative estimate of drug-likeness (QED) is 0.466. The minimum Gasteiger partial charge on any atom is -0.370 e. The smallest absolute Gasteiger partial charge is 0.370 e. The average Bonchev–Trinajstić information content (AvgIpc) is 2.73. The average molecular weight is 476 g/mol. The van der Waals surface area contributed by atoms with Gasteiger partial charge >= 0.3 is 6.18 Å². The van der Waals surface area contributed by atoms with Crippen LogP contribution in [0.25, 0.3) is 5.69 Å². The topological polar surface area (TPSA) is 38.1 Å². The largest absolute Gasteiger partial charge is 0.416 e. The highest BCUT2D eigenvalue weighted by Gasteiger charge is 2.30. The van der Waals surface area contributed by atoms with Crippen LogP contribution >= 0.6 is 11.6 Å². The molecule has 4 nitrogen and oxygen atoms in total. The van der Waals surface area contributed by atoms with Crippen molar-refractivity contribution in [2.45, 2.75) is 39.3 Å².